The fourth-order valence-electron chi connectivity index (χ4n) is 5.45. The van der Waals surface area contributed by atoms with Gasteiger partial charge in [0.1, 0.15) is 17.3 Å². The number of aromatic nitrogens is 3. The molecule has 1 aromatic carbocycles. The Hall–Kier alpha value is -2.82. The van der Waals surface area contributed by atoms with Crippen LogP contribution in [0.25, 0.3) is 16.9 Å². The highest BCUT2D eigenvalue weighted by Gasteiger charge is 2.29. The van der Waals surface area contributed by atoms with Crippen LogP contribution in [0.4, 0.5) is 15.3 Å². The topological polar surface area (TPSA) is 70.8 Å². The summed E-state index contributed by atoms with van der Waals surface area (Å²) < 4.78 is 41.4. The number of rotatable bonds is 5. The van der Waals surface area contributed by atoms with E-state index in [0.717, 1.165) is 69.7 Å². The van der Waals surface area contributed by atoms with Crippen molar-refractivity contribution in [2.24, 2.45) is 0 Å². The van der Waals surface area contributed by atoms with Crippen molar-refractivity contribution in [2.45, 2.75) is 38.5 Å². The van der Waals surface area contributed by atoms with Crippen molar-refractivity contribution in [3.8, 4) is 11.3 Å². The van der Waals surface area contributed by atoms with E-state index in [0.29, 0.717) is 19.0 Å². The van der Waals surface area contributed by atoms with E-state index in [1.807, 2.05) is 13.1 Å². The van der Waals surface area contributed by atoms with Gasteiger partial charge in [-0.25, -0.2) is 27.1 Å². The molecule has 1 fully saturated rings. The van der Waals surface area contributed by atoms with Crippen LogP contribution in [0, 0.1) is 5.82 Å². The summed E-state index contributed by atoms with van der Waals surface area (Å²) in [4.78, 5) is 13.1. The van der Waals surface area contributed by atoms with Crippen molar-refractivity contribution in [3.05, 3.63) is 64.0 Å². The molecule has 1 aliphatic heterocycles. The minimum Gasteiger partial charge on any atom is -0.305 e. The summed E-state index contributed by atoms with van der Waals surface area (Å²) in [6, 6.07) is 9.12. The molecule has 4 aromatic rings. The number of hydrogen-bond acceptors (Lipinski definition) is 6. The maximum atomic E-state index is 13.9. The highest BCUT2D eigenvalue weighted by Crippen LogP contribution is 2.44. The van der Waals surface area contributed by atoms with Crippen LogP contribution in [0.3, 0.4) is 0 Å². The quantitative estimate of drug-likeness (QED) is 0.324. The van der Waals surface area contributed by atoms with Crippen molar-refractivity contribution in [1.82, 2.24) is 18.7 Å². The van der Waals surface area contributed by atoms with Gasteiger partial charge in [0.2, 0.25) is 10.0 Å². The van der Waals surface area contributed by atoms with E-state index >= 15 is 0 Å². The summed E-state index contributed by atoms with van der Waals surface area (Å²) in [5.41, 5.74) is 5.94. The molecule has 10 heteroatoms. The average molecular weight is 526 g/mol. The molecule has 0 N–H and O–H groups in total. The standard InChI is InChI=1S/C26H28FN5O2S2/c1-4-21-25(30(2)26-29-24-20-14-19(27)7-5-17(20)13-22(24)35-26)32-15-18(6-8-23(32)28-21)16-9-11-31(12-10-16)36(3,33)34/h5-8,14-16H,4,9-13H2,1-3H3. The lowest BCUT2D eigenvalue weighted by Gasteiger charge is -2.30. The van der Waals surface area contributed by atoms with Crippen LogP contribution in [0.1, 0.15) is 47.4 Å². The van der Waals surface area contributed by atoms with E-state index in [4.69, 9.17) is 9.97 Å². The molecule has 1 aliphatic carbocycles. The predicted molar refractivity (Wildman–Crippen MR) is 141 cm³/mol. The zero-order chi connectivity index (χ0) is 25.2. The first-order valence-electron chi connectivity index (χ1n) is 12.2. The van der Waals surface area contributed by atoms with Gasteiger partial charge in [0.05, 0.1) is 17.6 Å². The van der Waals surface area contributed by atoms with Gasteiger partial charge in [-0.2, -0.15) is 0 Å². The largest absolute Gasteiger partial charge is 0.305 e. The molecular formula is C26H28FN5O2S2. The van der Waals surface area contributed by atoms with Gasteiger partial charge in [0, 0.05) is 43.2 Å². The molecule has 2 aliphatic rings. The monoisotopic (exact) mass is 525 g/mol. The van der Waals surface area contributed by atoms with Crippen LogP contribution in [0.5, 0.6) is 0 Å². The molecule has 0 bridgehead atoms. The molecule has 3 aromatic heterocycles. The Bertz CT molecular complexity index is 1590. The number of thiazole rings is 1. The summed E-state index contributed by atoms with van der Waals surface area (Å²) in [5.74, 6) is 1.04. The smallest absolute Gasteiger partial charge is 0.211 e. The van der Waals surface area contributed by atoms with Gasteiger partial charge in [-0.3, -0.25) is 4.40 Å². The number of imidazole rings is 1. The molecule has 0 radical (unpaired) electrons. The number of hydrogen-bond donors (Lipinski definition) is 0. The van der Waals surface area contributed by atoms with Crippen LogP contribution in [-0.4, -0.2) is 53.5 Å². The lowest BCUT2D eigenvalue weighted by molar-refractivity contribution is 0.321. The van der Waals surface area contributed by atoms with Crippen molar-refractivity contribution in [3.63, 3.8) is 0 Å². The summed E-state index contributed by atoms with van der Waals surface area (Å²) in [5, 5.41) is 0.860. The summed E-state index contributed by atoms with van der Waals surface area (Å²) >= 11 is 1.64. The fraction of sp³-hybridized carbons (Fsp3) is 0.385. The van der Waals surface area contributed by atoms with Gasteiger partial charge in [-0.15, -0.1) is 11.3 Å². The van der Waals surface area contributed by atoms with Crippen molar-refractivity contribution in [2.75, 3.05) is 31.3 Å². The first kappa shape index (κ1) is 23.6. The Morgan fingerprint density at radius 2 is 1.94 bits per heavy atom. The highest BCUT2D eigenvalue weighted by molar-refractivity contribution is 7.88. The van der Waals surface area contributed by atoms with Crippen molar-refractivity contribution >= 4 is 38.0 Å². The molecule has 6 rings (SSSR count). The maximum absolute atomic E-state index is 13.9. The molecule has 7 nitrogen and oxygen atoms in total. The first-order valence-corrected chi connectivity index (χ1v) is 14.9. The number of benzene rings is 1. The second-order valence-electron chi connectivity index (χ2n) is 9.67. The minimum absolute atomic E-state index is 0.241. The number of aryl methyl sites for hydroxylation is 1. The van der Waals surface area contributed by atoms with Gasteiger partial charge in [0.15, 0.2) is 5.13 Å². The molecule has 1 saturated heterocycles. The molecule has 4 heterocycles. The summed E-state index contributed by atoms with van der Waals surface area (Å²) in [7, 11) is -1.14. The van der Waals surface area contributed by atoms with E-state index < -0.39 is 10.0 Å². The number of halogens is 1. The number of fused-ring (bicyclic) bond motifs is 4. The minimum atomic E-state index is -3.15. The van der Waals surface area contributed by atoms with Gasteiger partial charge >= 0.3 is 0 Å². The zero-order valence-electron chi connectivity index (χ0n) is 20.5. The molecule has 0 amide bonds. The molecule has 0 saturated carbocycles. The Morgan fingerprint density at radius 3 is 2.67 bits per heavy atom. The van der Waals surface area contributed by atoms with Crippen molar-refractivity contribution < 1.29 is 12.8 Å². The fourth-order valence-corrected chi connectivity index (χ4v) is 7.39. The van der Waals surface area contributed by atoms with Crippen LogP contribution >= 0.6 is 11.3 Å². The molecule has 0 spiro atoms. The van der Waals surface area contributed by atoms with E-state index in [1.54, 1.807) is 21.7 Å². The second-order valence-corrected chi connectivity index (χ2v) is 12.7. The predicted octanol–water partition coefficient (Wildman–Crippen LogP) is 4.97. The third kappa shape index (κ3) is 3.91. The van der Waals surface area contributed by atoms with E-state index in [9.17, 15) is 12.8 Å². The van der Waals surface area contributed by atoms with Crippen LogP contribution in [0.2, 0.25) is 0 Å². The van der Waals surface area contributed by atoms with Gasteiger partial charge in [-0.1, -0.05) is 19.1 Å². The molecule has 36 heavy (non-hydrogen) atoms. The maximum Gasteiger partial charge on any atom is 0.211 e. The SMILES string of the molecule is CCc1nc2ccc(C3CCN(S(C)(=O)=O)CC3)cn2c1N(C)c1nc2c(s1)Cc1ccc(F)cc1-2. The van der Waals surface area contributed by atoms with Crippen LogP contribution in [-0.2, 0) is 22.9 Å². The van der Waals surface area contributed by atoms with Crippen LogP contribution in [0.15, 0.2) is 36.5 Å². The normalized spacial score (nSPS) is 16.4. The average Bonchev–Trinajstić information content (AvgIpc) is 3.53. The molecule has 0 unspecified atom stereocenters. The Balaban J connectivity index is 1.35. The van der Waals surface area contributed by atoms with Crippen molar-refractivity contribution in [1.29, 1.82) is 0 Å². The number of piperidine rings is 1. The molecular weight excluding hydrogens is 497 g/mol. The lowest BCUT2D eigenvalue weighted by Crippen LogP contribution is -2.37. The number of nitrogens with zero attached hydrogens (tertiary/aromatic N) is 5. The van der Waals surface area contributed by atoms with E-state index in [-0.39, 0.29) is 5.82 Å². The Morgan fingerprint density at radius 1 is 1.17 bits per heavy atom. The highest BCUT2D eigenvalue weighted by atomic mass is 32.2. The van der Waals surface area contributed by atoms with E-state index in [2.05, 4.69) is 34.6 Å². The molecule has 0 atom stereocenters. The van der Waals surface area contributed by atoms with Gasteiger partial charge in [-0.05, 0) is 54.5 Å². The van der Waals surface area contributed by atoms with Crippen LogP contribution < -0.4 is 4.90 Å². The zero-order valence-corrected chi connectivity index (χ0v) is 22.2. The van der Waals surface area contributed by atoms with E-state index in [1.165, 1.54) is 17.9 Å². The Kier molecular flexibility index (Phi) is 5.66. The first-order chi connectivity index (χ1) is 17.2. The second kappa shape index (κ2) is 8.64. The third-order valence-corrected chi connectivity index (χ3v) is 9.82. The summed E-state index contributed by atoms with van der Waals surface area (Å²) in [6.07, 6.45) is 6.59. The lowest BCUT2D eigenvalue weighted by atomic mass is 9.91. The number of pyridine rings is 1. The molecule has 188 valence electrons. The number of sulfonamides is 1. The number of anilines is 2. The van der Waals surface area contributed by atoms with Gasteiger partial charge in [0.25, 0.3) is 0 Å². The Labute approximate surface area is 214 Å². The van der Waals surface area contributed by atoms with Gasteiger partial charge < -0.3 is 4.90 Å². The third-order valence-electron chi connectivity index (χ3n) is 7.38. The summed E-state index contributed by atoms with van der Waals surface area (Å²) in [6.45, 7) is 3.19.